The Balaban J connectivity index is 1.61. The predicted molar refractivity (Wildman–Crippen MR) is 117 cm³/mol. The van der Waals surface area contributed by atoms with Gasteiger partial charge < -0.3 is 14.8 Å². The Kier molecular flexibility index (Phi) is 9.91. The normalized spacial score (nSPS) is 14.5. The molecule has 170 valence electrons. The highest BCUT2D eigenvalue weighted by Gasteiger charge is 2.19. The van der Waals surface area contributed by atoms with E-state index in [-0.39, 0.29) is 16.8 Å². The molecule has 0 aliphatic carbocycles. The number of unbranched alkanes of at least 4 members (excludes halogenated alkanes) is 2. The van der Waals surface area contributed by atoms with E-state index in [1.807, 2.05) is 6.92 Å². The maximum absolute atomic E-state index is 12.4. The van der Waals surface area contributed by atoms with Crippen molar-refractivity contribution in [2.75, 3.05) is 19.8 Å². The number of hydrogen-bond donors (Lipinski definition) is 2. The van der Waals surface area contributed by atoms with Gasteiger partial charge in [0.25, 0.3) is 0 Å². The van der Waals surface area contributed by atoms with Gasteiger partial charge >= 0.3 is 0 Å². The number of hydrogen-bond acceptors (Lipinski definition) is 5. The molecule has 1 atom stereocenters. The molecule has 0 spiro atoms. The van der Waals surface area contributed by atoms with Gasteiger partial charge in [-0.3, -0.25) is 4.79 Å². The van der Waals surface area contributed by atoms with Crippen LogP contribution in [-0.2, 0) is 14.8 Å². The molecule has 1 aliphatic rings. The molecule has 1 aromatic carbocycles. The van der Waals surface area contributed by atoms with E-state index in [0.29, 0.717) is 50.0 Å². The molecule has 30 heavy (non-hydrogen) atoms. The second kappa shape index (κ2) is 12.2. The van der Waals surface area contributed by atoms with E-state index in [4.69, 9.17) is 9.47 Å². The summed E-state index contributed by atoms with van der Waals surface area (Å²) >= 11 is 0. The summed E-state index contributed by atoms with van der Waals surface area (Å²) in [4.78, 5) is 12.2. The van der Waals surface area contributed by atoms with Crippen molar-refractivity contribution in [3.8, 4) is 11.5 Å². The van der Waals surface area contributed by atoms with E-state index < -0.39 is 10.0 Å². The molecule has 8 heteroatoms. The highest BCUT2D eigenvalue weighted by molar-refractivity contribution is 7.89. The summed E-state index contributed by atoms with van der Waals surface area (Å²) < 4.78 is 38.3. The summed E-state index contributed by atoms with van der Waals surface area (Å²) in [6.07, 6.45) is 6.01. The van der Waals surface area contributed by atoms with Crippen LogP contribution in [0.4, 0.5) is 0 Å². The van der Waals surface area contributed by atoms with Gasteiger partial charge in [-0.1, -0.05) is 33.1 Å². The molecule has 0 bridgehead atoms. The van der Waals surface area contributed by atoms with Gasteiger partial charge in [0.1, 0.15) is 13.2 Å². The van der Waals surface area contributed by atoms with Gasteiger partial charge in [-0.2, -0.15) is 0 Å². The second-order valence-corrected chi connectivity index (χ2v) is 10.1. The Bertz CT molecular complexity index is 780. The number of carbonyl (C=O) groups excluding carboxylic acids is 1. The van der Waals surface area contributed by atoms with Gasteiger partial charge in [0, 0.05) is 25.1 Å². The van der Waals surface area contributed by atoms with E-state index in [1.165, 1.54) is 18.6 Å². The topological polar surface area (TPSA) is 93.7 Å². The minimum Gasteiger partial charge on any atom is -0.486 e. The third kappa shape index (κ3) is 8.52. The highest BCUT2D eigenvalue weighted by atomic mass is 32.2. The van der Waals surface area contributed by atoms with Crippen LogP contribution in [0.2, 0.25) is 0 Å². The molecule has 1 unspecified atom stereocenters. The summed E-state index contributed by atoms with van der Waals surface area (Å²) in [7, 11) is -3.59. The number of fused-ring (bicyclic) bond motifs is 1. The van der Waals surface area contributed by atoms with E-state index in [2.05, 4.69) is 23.9 Å². The van der Waals surface area contributed by atoms with Gasteiger partial charge in [0.2, 0.25) is 15.9 Å². The first-order valence-electron chi connectivity index (χ1n) is 11.0. The van der Waals surface area contributed by atoms with E-state index in [0.717, 1.165) is 25.7 Å². The molecular formula is C22H36N2O5S. The number of nitrogens with one attached hydrogen (secondary N) is 2. The maximum atomic E-state index is 12.4. The summed E-state index contributed by atoms with van der Waals surface area (Å²) in [5, 5.41) is 3.04. The third-order valence-electron chi connectivity index (χ3n) is 5.02. The van der Waals surface area contributed by atoms with E-state index in [1.54, 1.807) is 6.07 Å². The van der Waals surface area contributed by atoms with Crippen molar-refractivity contribution in [3.05, 3.63) is 18.2 Å². The van der Waals surface area contributed by atoms with E-state index >= 15 is 0 Å². The van der Waals surface area contributed by atoms with Crippen LogP contribution in [0.3, 0.4) is 0 Å². The molecule has 1 amide bonds. The van der Waals surface area contributed by atoms with Crippen molar-refractivity contribution in [3.63, 3.8) is 0 Å². The zero-order valence-electron chi connectivity index (χ0n) is 18.4. The van der Waals surface area contributed by atoms with Gasteiger partial charge in [0.05, 0.1) is 4.90 Å². The van der Waals surface area contributed by atoms with Crippen LogP contribution in [0.1, 0.15) is 65.7 Å². The first kappa shape index (κ1) is 24.5. The summed E-state index contributed by atoms with van der Waals surface area (Å²) in [6, 6.07) is 4.83. The minimum absolute atomic E-state index is 0.0731. The smallest absolute Gasteiger partial charge is 0.240 e. The molecule has 1 aliphatic heterocycles. The molecule has 0 fully saturated rings. The number of carbonyl (C=O) groups is 1. The predicted octanol–water partition coefficient (Wildman–Crippen LogP) is 3.63. The summed E-state index contributed by atoms with van der Waals surface area (Å²) in [6.45, 7) is 7.68. The Hall–Kier alpha value is -1.80. The fourth-order valence-corrected chi connectivity index (χ4v) is 4.41. The molecule has 0 saturated heterocycles. The van der Waals surface area contributed by atoms with Crippen LogP contribution < -0.4 is 19.5 Å². The van der Waals surface area contributed by atoms with Crippen LogP contribution in [0, 0.1) is 5.92 Å². The Morgan fingerprint density at radius 1 is 1.00 bits per heavy atom. The molecule has 2 N–H and O–H groups in total. The zero-order valence-corrected chi connectivity index (χ0v) is 19.2. The van der Waals surface area contributed by atoms with Crippen molar-refractivity contribution < 1.29 is 22.7 Å². The molecule has 1 aromatic rings. The average Bonchev–Trinajstić information content (AvgIpc) is 2.69. The standard InChI is InChI=1S/C22H36N2O5S/c1-17(2)8-7-9-18(3)24-22(25)10-5-4-6-13-23-30(26,27)19-11-12-20-21(16-19)29-15-14-28-20/h11-12,16-18,23H,4-10,13-15H2,1-3H3,(H,24,25). The Labute approximate surface area is 181 Å². The van der Waals surface area contributed by atoms with Crippen LogP contribution in [0.25, 0.3) is 0 Å². The maximum Gasteiger partial charge on any atom is 0.240 e. The summed E-state index contributed by atoms with van der Waals surface area (Å²) in [5.74, 6) is 1.78. The second-order valence-electron chi connectivity index (χ2n) is 8.31. The molecule has 0 saturated carbocycles. The van der Waals surface area contributed by atoms with Gasteiger partial charge in [-0.15, -0.1) is 0 Å². The fourth-order valence-electron chi connectivity index (χ4n) is 3.32. The van der Waals surface area contributed by atoms with Crippen molar-refractivity contribution in [2.24, 2.45) is 5.92 Å². The van der Waals surface area contributed by atoms with Crippen LogP contribution >= 0.6 is 0 Å². The fraction of sp³-hybridized carbons (Fsp3) is 0.682. The van der Waals surface area contributed by atoms with Crippen molar-refractivity contribution >= 4 is 15.9 Å². The molecule has 2 rings (SSSR count). The largest absolute Gasteiger partial charge is 0.486 e. The molecular weight excluding hydrogens is 404 g/mol. The number of amides is 1. The number of ether oxygens (including phenoxy) is 2. The van der Waals surface area contributed by atoms with E-state index in [9.17, 15) is 13.2 Å². The molecule has 0 aromatic heterocycles. The quantitative estimate of drug-likeness (QED) is 0.457. The lowest BCUT2D eigenvalue weighted by molar-refractivity contribution is -0.121. The lowest BCUT2D eigenvalue weighted by Gasteiger charge is -2.18. The minimum atomic E-state index is -3.59. The average molecular weight is 441 g/mol. The lowest BCUT2D eigenvalue weighted by atomic mass is 10.0. The number of benzene rings is 1. The van der Waals surface area contributed by atoms with Crippen LogP contribution in [0.5, 0.6) is 11.5 Å². The molecule has 7 nitrogen and oxygen atoms in total. The van der Waals surface area contributed by atoms with Gasteiger partial charge in [-0.25, -0.2) is 13.1 Å². The van der Waals surface area contributed by atoms with Crippen LogP contribution in [0.15, 0.2) is 23.1 Å². The first-order chi connectivity index (χ1) is 14.3. The zero-order chi connectivity index (χ0) is 22.0. The Morgan fingerprint density at radius 2 is 1.73 bits per heavy atom. The number of rotatable bonds is 13. The van der Waals surface area contributed by atoms with Gasteiger partial charge in [0.15, 0.2) is 11.5 Å². The third-order valence-corrected chi connectivity index (χ3v) is 6.48. The lowest BCUT2D eigenvalue weighted by Crippen LogP contribution is -2.32. The number of sulfonamides is 1. The first-order valence-corrected chi connectivity index (χ1v) is 12.4. The Morgan fingerprint density at radius 3 is 2.47 bits per heavy atom. The van der Waals surface area contributed by atoms with Gasteiger partial charge in [-0.05, 0) is 44.2 Å². The SMILES string of the molecule is CC(C)CCCC(C)NC(=O)CCCCCNS(=O)(=O)c1ccc2c(c1)OCCO2. The van der Waals surface area contributed by atoms with Crippen LogP contribution in [-0.4, -0.2) is 40.1 Å². The highest BCUT2D eigenvalue weighted by Crippen LogP contribution is 2.32. The van der Waals surface area contributed by atoms with Crippen molar-refractivity contribution in [2.45, 2.75) is 76.7 Å². The van der Waals surface area contributed by atoms with Crippen molar-refractivity contribution in [1.29, 1.82) is 0 Å². The molecule has 1 heterocycles. The monoisotopic (exact) mass is 440 g/mol. The summed E-state index contributed by atoms with van der Waals surface area (Å²) in [5.41, 5.74) is 0. The van der Waals surface area contributed by atoms with Crippen molar-refractivity contribution in [1.82, 2.24) is 10.0 Å². The molecule has 0 radical (unpaired) electrons.